The normalized spacial score (nSPS) is 22.4. The Labute approximate surface area is 243 Å². The number of esters is 1. The summed E-state index contributed by atoms with van der Waals surface area (Å²) in [5, 5.41) is 48.8. The summed E-state index contributed by atoms with van der Waals surface area (Å²) in [6.07, 6.45) is -7.14. The standard InChI is InChI=1S/C29H38N2O11/c1-5-41-22-11-16-17-10-14(42-29(37)27(36)26(35)25(34)20(33)13-32)6-8-19(17)30-24(18(16)12-21(22)38-2)15-7-9-23(39-3)31-28(15)40-4/h7,9,11-12,14,17,19-20,25-27,32-36H,5-6,8,10,13H2,1-4H3/t14-,17-,19-,20-,25-,26+,27-/m1/s1. The van der Waals surface area contributed by atoms with E-state index >= 15 is 0 Å². The molecule has 13 heteroatoms. The fraction of sp³-hybridized carbons (Fsp3) is 0.552. The van der Waals surface area contributed by atoms with Gasteiger partial charge >= 0.3 is 5.97 Å². The summed E-state index contributed by atoms with van der Waals surface area (Å²) in [4.78, 5) is 22.2. The molecule has 1 aliphatic carbocycles. The number of carbonyl (C=O) groups excluding carboxylic acids is 1. The average molecular weight is 591 g/mol. The van der Waals surface area contributed by atoms with E-state index < -0.39 is 43.1 Å². The van der Waals surface area contributed by atoms with Gasteiger partial charge < -0.3 is 49.2 Å². The highest BCUT2D eigenvalue weighted by Gasteiger charge is 2.41. The number of pyridine rings is 1. The first-order valence-electron chi connectivity index (χ1n) is 13.7. The zero-order valence-corrected chi connectivity index (χ0v) is 24.0. The molecule has 1 aromatic carbocycles. The van der Waals surface area contributed by atoms with E-state index in [1.54, 1.807) is 13.2 Å². The Bertz CT molecular complexity index is 1290. The van der Waals surface area contributed by atoms with Crippen molar-refractivity contribution in [1.29, 1.82) is 0 Å². The van der Waals surface area contributed by atoms with Crippen LogP contribution in [-0.4, -0.2) is 113 Å². The van der Waals surface area contributed by atoms with Crippen molar-refractivity contribution in [3.63, 3.8) is 0 Å². The first kappa shape index (κ1) is 31.4. The number of carbonyl (C=O) groups is 1. The smallest absolute Gasteiger partial charge is 0.338 e. The van der Waals surface area contributed by atoms with Gasteiger partial charge in [-0.1, -0.05) is 0 Å². The van der Waals surface area contributed by atoms with Gasteiger partial charge in [0.1, 0.15) is 24.4 Å². The highest BCUT2D eigenvalue weighted by Crippen LogP contribution is 2.46. The minimum absolute atomic E-state index is 0.186. The van der Waals surface area contributed by atoms with Crippen molar-refractivity contribution in [3.05, 3.63) is 41.0 Å². The Morgan fingerprint density at radius 1 is 0.976 bits per heavy atom. The van der Waals surface area contributed by atoms with Gasteiger partial charge in [0.25, 0.3) is 0 Å². The Balaban J connectivity index is 1.67. The largest absolute Gasteiger partial charge is 0.493 e. The van der Waals surface area contributed by atoms with Crippen LogP contribution in [0.4, 0.5) is 0 Å². The quantitative estimate of drug-likeness (QED) is 0.214. The zero-order valence-electron chi connectivity index (χ0n) is 24.0. The lowest BCUT2D eigenvalue weighted by molar-refractivity contribution is -0.176. The molecule has 0 unspecified atom stereocenters. The van der Waals surface area contributed by atoms with Crippen LogP contribution in [0.25, 0.3) is 0 Å². The van der Waals surface area contributed by atoms with E-state index in [1.807, 2.05) is 25.1 Å². The van der Waals surface area contributed by atoms with Crippen molar-refractivity contribution >= 4 is 11.7 Å². The zero-order chi connectivity index (χ0) is 30.6. The van der Waals surface area contributed by atoms with Crippen LogP contribution in [0.15, 0.2) is 29.3 Å². The molecule has 1 aliphatic heterocycles. The molecule has 230 valence electrons. The number of rotatable bonds is 12. The maximum absolute atomic E-state index is 12.7. The fourth-order valence-corrected chi connectivity index (χ4v) is 5.45. The molecule has 0 amide bonds. The maximum Gasteiger partial charge on any atom is 0.338 e. The van der Waals surface area contributed by atoms with Crippen LogP contribution in [0.5, 0.6) is 23.3 Å². The molecule has 42 heavy (non-hydrogen) atoms. The molecule has 4 rings (SSSR count). The molecule has 1 fully saturated rings. The van der Waals surface area contributed by atoms with Gasteiger partial charge in [0.05, 0.1) is 51.9 Å². The topological polar surface area (TPSA) is 190 Å². The van der Waals surface area contributed by atoms with Gasteiger partial charge in [0.15, 0.2) is 17.6 Å². The second-order valence-corrected chi connectivity index (χ2v) is 10.1. The van der Waals surface area contributed by atoms with E-state index in [2.05, 4.69) is 4.98 Å². The van der Waals surface area contributed by atoms with E-state index in [-0.39, 0.29) is 12.0 Å². The highest BCUT2D eigenvalue weighted by molar-refractivity contribution is 6.16. The van der Waals surface area contributed by atoms with Gasteiger partial charge in [0.2, 0.25) is 11.8 Å². The van der Waals surface area contributed by atoms with E-state index in [1.165, 1.54) is 14.2 Å². The number of fused-ring (bicyclic) bond motifs is 3. The van der Waals surface area contributed by atoms with E-state index in [4.69, 9.17) is 33.8 Å². The van der Waals surface area contributed by atoms with Crippen molar-refractivity contribution in [2.45, 2.75) is 68.7 Å². The van der Waals surface area contributed by atoms with E-state index in [9.17, 15) is 25.2 Å². The summed E-state index contributed by atoms with van der Waals surface area (Å²) in [6, 6.07) is 7.13. The van der Waals surface area contributed by atoms with Crippen molar-refractivity contribution in [2.24, 2.45) is 4.99 Å². The molecule has 2 aliphatic rings. The average Bonchev–Trinajstić information content (AvgIpc) is 3.02. The summed E-state index contributed by atoms with van der Waals surface area (Å²) in [5.74, 6) is 0.460. The summed E-state index contributed by atoms with van der Waals surface area (Å²) in [7, 11) is 4.59. The van der Waals surface area contributed by atoms with Crippen molar-refractivity contribution in [3.8, 4) is 23.3 Å². The molecule has 0 spiro atoms. The van der Waals surface area contributed by atoms with Gasteiger partial charge in [0, 0.05) is 17.5 Å². The third kappa shape index (κ3) is 6.30. The fourth-order valence-electron chi connectivity index (χ4n) is 5.45. The lowest BCUT2D eigenvalue weighted by Crippen LogP contribution is -2.50. The number of nitrogens with zero attached hydrogens (tertiary/aromatic N) is 2. The molecule has 7 atom stereocenters. The number of ether oxygens (including phenoxy) is 5. The number of aliphatic imine (C=N–C) groups is 1. The third-order valence-electron chi connectivity index (χ3n) is 7.62. The molecule has 5 N–H and O–H groups in total. The number of hydrogen-bond acceptors (Lipinski definition) is 13. The van der Waals surface area contributed by atoms with Crippen LogP contribution in [0.2, 0.25) is 0 Å². The molecule has 0 saturated heterocycles. The van der Waals surface area contributed by atoms with Crippen LogP contribution in [0, 0.1) is 0 Å². The summed E-state index contributed by atoms with van der Waals surface area (Å²) in [5.41, 5.74) is 2.99. The Morgan fingerprint density at radius 3 is 2.38 bits per heavy atom. The van der Waals surface area contributed by atoms with Crippen LogP contribution < -0.4 is 18.9 Å². The van der Waals surface area contributed by atoms with Crippen LogP contribution >= 0.6 is 0 Å². The highest BCUT2D eigenvalue weighted by atomic mass is 16.6. The molecule has 13 nitrogen and oxygen atoms in total. The van der Waals surface area contributed by atoms with Crippen LogP contribution in [-0.2, 0) is 9.53 Å². The SMILES string of the molecule is CCOc1cc2c(cc1OC)C(c1ccc(OC)nc1OC)=N[C@@H]1CC[C@@H](OC(=O)[C@H](O)[C@@H](O)[C@H](O)[C@H](O)CO)C[C@H]21. The second kappa shape index (κ2) is 13.7. The van der Waals surface area contributed by atoms with Crippen LogP contribution in [0.1, 0.15) is 48.8 Å². The van der Waals surface area contributed by atoms with E-state index in [0.717, 1.165) is 11.1 Å². The van der Waals surface area contributed by atoms with Crippen LogP contribution in [0.3, 0.4) is 0 Å². The molecular formula is C29H38N2O11. The van der Waals surface area contributed by atoms with Gasteiger partial charge in [-0.15, -0.1) is 0 Å². The molecule has 1 saturated carbocycles. The van der Waals surface area contributed by atoms with Gasteiger partial charge in [-0.25, -0.2) is 4.79 Å². The number of aliphatic hydroxyl groups excluding tert-OH is 5. The summed E-state index contributed by atoms with van der Waals surface area (Å²) < 4.78 is 27.9. The van der Waals surface area contributed by atoms with Gasteiger partial charge in [-0.05, 0) is 49.9 Å². The van der Waals surface area contributed by atoms with Crippen molar-refractivity contribution in [2.75, 3.05) is 34.5 Å². The van der Waals surface area contributed by atoms with Crippen molar-refractivity contribution < 1.29 is 54.0 Å². The lowest BCUT2D eigenvalue weighted by Gasteiger charge is -2.39. The minimum atomic E-state index is -2.12. The lowest BCUT2D eigenvalue weighted by atomic mass is 9.74. The summed E-state index contributed by atoms with van der Waals surface area (Å²) in [6.45, 7) is 1.42. The van der Waals surface area contributed by atoms with Gasteiger partial charge in [-0.2, -0.15) is 4.98 Å². The number of aliphatic hydroxyl groups is 5. The maximum atomic E-state index is 12.7. The van der Waals surface area contributed by atoms with Crippen molar-refractivity contribution in [1.82, 2.24) is 4.98 Å². The Morgan fingerprint density at radius 2 is 1.74 bits per heavy atom. The molecular weight excluding hydrogens is 552 g/mol. The second-order valence-electron chi connectivity index (χ2n) is 10.1. The molecule has 0 radical (unpaired) electrons. The molecule has 0 bridgehead atoms. The first-order chi connectivity index (χ1) is 20.2. The number of methoxy groups -OCH3 is 3. The third-order valence-corrected chi connectivity index (χ3v) is 7.62. The Hall–Kier alpha value is -3.49. The first-order valence-corrected chi connectivity index (χ1v) is 13.7. The number of hydrogen-bond donors (Lipinski definition) is 5. The predicted octanol–water partition coefficient (Wildman–Crippen LogP) is 0.341. The molecule has 2 heterocycles. The number of aromatic nitrogens is 1. The van der Waals surface area contributed by atoms with Gasteiger partial charge in [-0.3, -0.25) is 4.99 Å². The molecule has 1 aromatic heterocycles. The Kier molecular flexibility index (Phi) is 10.2. The number of benzene rings is 1. The minimum Gasteiger partial charge on any atom is -0.493 e. The monoisotopic (exact) mass is 590 g/mol. The predicted molar refractivity (Wildman–Crippen MR) is 149 cm³/mol. The molecule has 2 aromatic rings. The summed E-state index contributed by atoms with van der Waals surface area (Å²) >= 11 is 0. The van der Waals surface area contributed by atoms with E-state index in [0.29, 0.717) is 60.4 Å².